The van der Waals surface area contributed by atoms with Crippen LogP contribution < -0.4 is 0 Å². The van der Waals surface area contributed by atoms with Crippen molar-refractivity contribution in [2.24, 2.45) is 0 Å². The van der Waals surface area contributed by atoms with E-state index in [2.05, 4.69) is 31.2 Å². The number of carbonyl (C=O) groups excluding carboxylic acids is 1. The Hall–Kier alpha value is -1.87. The molecule has 0 radical (unpaired) electrons. The maximum Gasteiger partial charge on any atom is 0.211 e. The van der Waals surface area contributed by atoms with Gasteiger partial charge in [-0.3, -0.25) is 9.69 Å². The number of carbonyl (C=O) groups is 1. The molecule has 0 N–H and O–H groups in total. The Balaban J connectivity index is 1.90. The molecule has 0 bridgehead atoms. The SMILES string of the molecule is Cc1ccc(CN(C)CC(=O)c2ccco2)cc1. The molecule has 3 nitrogen and oxygen atoms in total. The minimum absolute atomic E-state index is 0.00890. The van der Waals surface area contributed by atoms with Crippen molar-refractivity contribution in [3.63, 3.8) is 0 Å². The van der Waals surface area contributed by atoms with Crippen LogP contribution in [0.4, 0.5) is 0 Å². The molecule has 2 rings (SSSR count). The largest absolute Gasteiger partial charge is 0.461 e. The summed E-state index contributed by atoms with van der Waals surface area (Å²) in [6, 6.07) is 11.8. The van der Waals surface area contributed by atoms with Crippen LogP contribution in [0.5, 0.6) is 0 Å². The van der Waals surface area contributed by atoms with E-state index in [0.717, 1.165) is 6.54 Å². The summed E-state index contributed by atoms with van der Waals surface area (Å²) in [7, 11) is 1.93. The van der Waals surface area contributed by atoms with Gasteiger partial charge in [0.2, 0.25) is 5.78 Å². The lowest BCUT2D eigenvalue weighted by Gasteiger charge is -2.15. The van der Waals surface area contributed by atoms with Crippen molar-refractivity contribution in [1.29, 1.82) is 0 Å². The number of nitrogens with zero attached hydrogens (tertiary/aromatic N) is 1. The summed E-state index contributed by atoms with van der Waals surface area (Å²) < 4.78 is 5.09. The van der Waals surface area contributed by atoms with Gasteiger partial charge in [-0.1, -0.05) is 29.8 Å². The van der Waals surface area contributed by atoms with Crippen LogP contribution in [0.15, 0.2) is 47.1 Å². The molecule has 0 aliphatic heterocycles. The Morgan fingerprint density at radius 1 is 1.22 bits per heavy atom. The van der Waals surface area contributed by atoms with Crippen molar-refractivity contribution < 1.29 is 9.21 Å². The van der Waals surface area contributed by atoms with Gasteiger partial charge in [0.1, 0.15) is 0 Å². The second-order valence-corrected chi connectivity index (χ2v) is 4.56. The van der Waals surface area contributed by atoms with Gasteiger partial charge in [0.05, 0.1) is 12.8 Å². The second-order valence-electron chi connectivity index (χ2n) is 4.56. The molecule has 0 atom stereocenters. The van der Waals surface area contributed by atoms with Gasteiger partial charge in [-0.2, -0.15) is 0 Å². The Kier molecular flexibility index (Phi) is 3.95. The molecule has 0 saturated carbocycles. The van der Waals surface area contributed by atoms with Crippen molar-refractivity contribution in [2.45, 2.75) is 13.5 Å². The molecule has 0 aliphatic carbocycles. The van der Waals surface area contributed by atoms with Crippen LogP contribution in [0, 0.1) is 6.92 Å². The highest BCUT2D eigenvalue weighted by atomic mass is 16.3. The average molecular weight is 243 g/mol. The van der Waals surface area contributed by atoms with E-state index in [0.29, 0.717) is 12.3 Å². The van der Waals surface area contributed by atoms with Gasteiger partial charge in [-0.05, 0) is 31.7 Å². The van der Waals surface area contributed by atoms with Gasteiger partial charge in [0.25, 0.3) is 0 Å². The number of aryl methyl sites for hydroxylation is 1. The molecule has 1 heterocycles. The lowest BCUT2D eigenvalue weighted by molar-refractivity contribution is 0.0915. The van der Waals surface area contributed by atoms with Gasteiger partial charge in [-0.15, -0.1) is 0 Å². The molecule has 94 valence electrons. The lowest BCUT2D eigenvalue weighted by Crippen LogP contribution is -2.25. The number of hydrogen-bond acceptors (Lipinski definition) is 3. The van der Waals surface area contributed by atoms with E-state index in [1.54, 1.807) is 12.1 Å². The van der Waals surface area contributed by atoms with Crippen LogP contribution in [0.25, 0.3) is 0 Å². The number of ketones is 1. The van der Waals surface area contributed by atoms with Crippen LogP contribution in [0.1, 0.15) is 21.7 Å². The first-order valence-electron chi connectivity index (χ1n) is 5.96. The van der Waals surface area contributed by atoms with Crippen molar-refractivity contribution in [3.8, 4) is 0 Å². The quantitative estimate of drug-likeness (QED) is 0.757. The molecule has 1 aromatic carbocycles. The third kappa shape index (κ3) is 3.31. The van der Waals surface area contributed by atoms with Crippen molar-refractivity contribution in [1.82, 2.24) is 4.90 Å². The van der Waals surface area contributed by atoms with Crippen LogP contribution >= 0.6 is 0 Å². The summed E-state index contributed by atoms with van der Waals surface area (Å²) in [4.78, 5) is 13.8. The van der Waals surface area contributed by atoms with E-state index in [9.17, 15) is 4.79 Å². The van der Waals surface area contributed by atoms with E-state index in [1.807, 2.05) is 11.9 Å². The molecular formula is C15H17NO2. The van der Waals surface area contributed by atoms with Crippen LogP contribution in [-0.4, -0.2) is 24.3 Å². The summed E-state index contributed by atoms with van der Waals surface area (Å²) in [6.45, 7) is 3.18. The van der Waals surface area contributed by atoms with Crippen LogP contribution in [0.3, 0.4) is 0 Å². The molecule has 0 spiro atoms. The zero-order valence-electron chi connectivity index (χ0n) is 10.7. The van der Waals surface area contributed by atoms with E-state index >= 15 is 0 Å². The van der Waals surface area contributed by atoms with Crippen molar-refractivity contribution >= 4 is 5.78 Å². The monoisotopic (exact) mass is 243 g/mol. The molecule has 3 heteroatoms. The average Bonchev–Trinajstić information content (AvgIpc) is 2.85. The van der Waals surface area contributed by atoms with E-state index in [1.165, 1.54) is 17.4 Å². The summed E-state index contributed by atoms with van der Waals surface area (Å²) in [5.74, 6) is 0.431. The number of furan rings is 1. The minimum Gasteiger partial charge on any atom is -0.461 e. The fraction of sp³-hybridized carbons (Fsp3) is 0.267. The molecule has 0 saturated heterocycles. The van der Waals surface area contributed by atoms with Gasteiger partial charge in [0.15, 0.2) is 5.76 Å². The summed E-state index contributed by atoms with van der Waals surface area (Å²) >= 11 is 0. The number of benzene rings is 1. The zero-order valence-corrected chi connectivity index (χ0v) is 10.7. The first-order chi connectivity index (χ1) is 8.65. The molecule has 0 fully saturated rings. The highest BCUT2D eigenvalue weighted by Crippen LogP contribution is 2.07. The summed E-state index contributed by atoms with van der Waals surface area (Å²) in [6.07, 6.45) is 1.52. The van der Waals surface area contributed by atoms with E-state index < -0.39 is 0 Å². The standard InChI is InChI=1S/C15H17NO2/c1-12-5-7-13(8-6-12)10-16(2)11-14(17)15-4-3-9-18-15/h3-9H,10-11H2,1-2H3. The van der Waals surface area contributed by atoms with Crippen molar-refractivity contribution in [2.75, 3.05) is 13.6 Å². The smallest absolute Gasteiger partial charge is 0.211 e. The topological polar surface area (TPSA) is 33.5 Å². The van der Waals surface area contributed by atoms with Crippen LogP contribution in [-0.2, 0) is 6.54 Å². The van der Waals surface area contributed by atoms with Crippen LogP contribution in [0.2, 0.25) is 0 Å². The van der Waals surface area contributed by atoms with E-state index in [4.69, 9.17) is 4.42 Å². The normalized spacial score (nSPS) is 10.8. The number of likely N-dealkylation sites (N-methyl/N-ethyl adjacent to an activating group) is 1. The maximum atomic E-state index is 11.8. The van der Waals surface area contributed by atoms with Gasteiger partial charge < -0.3 is 4.42 Å². The minimum atomic E-state index is 0.00890. The Labute approximate surface area is 107 Å². The fourth-order valence-corrected chi connectivity index (χ4v) is 1.82. The molecule has 18 heavy (non-hydrogen) atoms. The third-order valence-electron chi connectivity index (χ3n) is 2.78. The Bertz CT molecular complexity index is 500. The first-order valence-corrected chi connectivity index (χ1v) is 5.96. The predicted octanol–water partition coefficient (Wildman–Crippen LogP) is 2.90. The number of rotatable bonds is 5. The molecule has 1 aromatic heterocycles. The molecule has 2 aromatic rings. The summed E-state index contributed by atoms with van der Waals surface area (Å²) in [5.41, 5.74) is 2.45. The first kappa shape index (κ1) is 12.6. The van der Waals surface area contributed by atoms with Crippen molar-refractivity contribution in [3.05, 3.63) is 59.5 Å². The zero-order chi connectivity index (χ0) is 13.0. The lowest BCUT2D eigenvalue weighted by atomic mass is 10.1. The predicted molar refractivity (Wildman–Crippen MR) is 70.6 cm³/mol. The second kappa shape index (κ2) is 5.65. The molecule has 0 amide bonds. The fourth-order valence-electron chi connectivity index (χ4n) is 1.82. The van der Waals surface area contributed by atoms with E-state index in [-0.39, 0.29) is 5.78 Å². The molecule has 0 aliphatic rings. The Morgan fingerprint density at radius 2 is 1.94 bits per heavy atom. The highest BCUT2D eigenvalue weighted by molar-refractivity contribution is 5.94. The highest BCUT2D eigenvalue weighted by Gasteiger charge is 2.11. The van der Waals surface area contributed by atoms with Gasteiger partial charge in [-0.25, -0.2) is 0 Å². The molecule has 0 unspecified atom stereocenters. The maximum absolute atomic E-state index is 11.8. The number of hydrogen-bond donors (Lipinski definition) is 0. The third-order valence-corrected chi connectivity index (χ3v) is 2.78. The molecular weight excluding hydrogens is 226 g/mol. The van der Waals surface area contributed by atoms with Gasteiger partial charge >= 0.3 is 0 Å². The number of Topliss-reactive ketones (excluding diaryl/α,β-unsaturated/α-hetero) is 1. The summed E-state index contributed by atoms with van der Waals surface area (Å²) in [5, 5.41) is 0. The Morgan fingerprint density at radius 3 is 2.56 bits per heavy atom. The van der Waals surface area contributed by atoms with Gasteiger partial charge in [0, 0.05) is 6.54 Å².